The van der Waals surface area contributed by atoms with Crippen LogP contribution in [0.2, 0.25) is 0 Å². The Labute approximate surface area is 169 Å². The van der Waals surface area contributed by atoms with Gasteiger partial charge < -0.3 is 4.90 Å². The fraction of sp³-hybridized carbons (Fsp3) is 0. The maximum absolute atomic E-state index is 5.14. The van der Waals surface area contributed by atoms with Crippen molar-refractivity contribution in [1.29, 1.82) is 0 Å². The van der Waals surface area contributed by atoms with Gasteiger partial charge in [0.15, 0.2) is 0 Å². The van der Waals surface area contributed by atoms with Gasteiger partial charge in [0.25, 0.3) is 0 Å². The Bertz CT molecular complexity index is 1340. The SMILES string of the molecule is c1ccc(-c2cc3cccc4c3c(n2)-c2ccccc2N4c2ccccc2)cc1. The van der Waals surface area contributed by atoms with Crippen LogP contribution in [0.5, 0.6) is 0 Å². The van der Waals surface area contributed by atoms with Gasteiger partial charge in [0.05, 0.1) is 22.8 Å². The van der Waals surface area contributed by atoms with E-state index in [1.165, 1.54) is 16.5 Å². The topological polar surface area (TPSA) is 16.1 Å². The number of para-hydroxylation sites is 2. The summed E-state index contributed by atoms with van der Waals surface area (Å²) in [5.74, 6) is 0. The monoisotopic (exact) mass is 370 g/mol. The zero-order chi connectivity index (χ0) is 19.2. The van der Waals surface area contributed by atoms with Crippen LogP contribution in [-0.4, -0.2) is 4.98 Å². The van der Waals surface area contributed by atoms with Gasteiger partial charge >= 0.3 is 0 Å². The number of fused-ring (bicyclic) bond motifs is 2. The van der Waals surface area contributed by atoms with Gasteiger partial charge in [-0.2, -0.15) is 0 Å². The number of hydrogen-bond donors (Lipinski definition) is 0. The average molecular weight is 370 g/mol. The van der Waals surface area contributed by atoms with Crippen LogP contribution in [0, 0.1) is 0 Å². The summed E-state index contributed by atoms with van der Waals surface area (Å²) in [6.07, 6.45) is 0. The normalized spacial score (nSPS) is 12.1. The van der Waals surface area contributed by atoms with E-state index in [2.05, 4.69) is 108 Å². The largest absolute Gasteiger partial charge is 0.309 e. The van der Waals surface area contributed by atoms with Crippen LogP contribution in [0.25, 0.3) is 33.3 Å². The first-order valence-electron chi connectivity index (χ1n) is 9.84. The van der Waals surface area contributed by atoms with Crippen LogP contribution in [-0.2, 0) is 0 Å². The summed E-state index contributed by atoms with van der Waals surface area (Å²) in [7, 11) is 0. The molecule has 0 N–H and O–H groups in total. The number of nitrogens with zero attached hydrogens (tertiary/aromatic N) is 2. The fourth-order valence-corrected chi connectivity index (χ4v) is 4.28. The van der Waals surface area contributed by atoms with E-state index in [9.17, 15) is 0 Å². The Balaban J connectivity index is 1.71. The van der Waals surface area contributed by atoms with Crippen LogP contribution in [0.3, 0.4) is 0 Å². The van der Waals surface area contributed by atoms with Gasteiger partial charge in [0.1, 0.15) is 0 Å². The van der Waals surface area contributed by atoms with Gasteiger partial charge in [0, 0.05) is 22.2 Å². The molecule has 5 aromatic rings. The number of aromatic nitrogens is 1. The summed E-state index contributed by atoms with van der Waals surface area (Å²) in [6.45, 7) is 0. The number of benzene rings is 4. The zero-order valence-corrected chi connectivity index (χ0v) is 15.8. The molecule has 136 valence electrons. The van der Waals surface area contributed by atoms with Crippen LogP contribution < -0.4 is 4.90 Å². The molecule has 0 saturated heterocycles. The van der Waals surface area contributed by atoms with Crippen molar-refractivity contribution in [2.24, 2.45) is 0 Å². The minimum atomic E-state index is 1.01. The third-order valence-corrected chi connectivity index (χ3v) is 5.56. The first-order chi connectivity index (χ1) is 14.4. The van der Waals surface area contributed by atoms with E-state index in [0.717, 1.165) is 33.9 Å². The summed E-state index contributed by atoms with van der Waals surface area (Å²) in [5, 5.41) is 2.41. The Morgan fingerprint density at radius 2 is 1.28 bits per heavy atom. The maximum Gasteiger partial charge on any atom is 0.0830 e. The highest BCUT2D eigenvalue weighted by molar-refractivity contribution is 6.13. The molecule has 0 radical (unpaired) electrons. The molecule has 0 bridgehead atoms. The molecule has 0 aliphatic carbocycles. The molecule has 0 unspecified atom stereocenters. The third-order valence-electron chi connectivity index (χ3n) is 5.56. The van der Waals surface area contributed by atoms with Gasteiger partial charge in [-0.25, -0.2) is 4.98 Å². The molecule has 0 saturated carbocycles. The Morgan fingerprint density at radius 3 is 2.10 bits per heavy atom. The molecule has 2 heterocycles. The van der Waals surface area contributed by atoms with Crippen molar-refractivity contribution in [2.75, 3.05) is 4.90 Å². The minimum Gasteiger partial charge on any atom is -0.309 e. The maximum atomic E-state index is 5.14. The summed E-state index contributed by atoms with van der Waals surface area (Å²) in [5.41, 5.74) is 7.86. The average Bonchev–Trinajstić information content (AvgIpc) is 2.80. The lowest BCUT2D eigenvalue weighted by Gasteiger charge is -2.33. The molecule has 0 fully saturated rings. The molecule has 0 atom stereocenters. The summed E-state index contributed by atoms with van der Waals surface area (Å²) in [6, 6.07) is 38.2. The smallest absolute Gasteiger partial charge is 0.0830 e. The van der Waals surface area contributed by atoms with Gasteiger partial charge in [-0.15, -0.1) is 0 Å². The van der Waals surface area contributed by atoms with Gasteiger partial charge in [-0.05, 0) is 35.7 Å². The van der Waals surface area contributed by atoms with E-state index in [1.54, 1.807) is 0 Å². The predicted molar refractivity (Wildman–Crippen MR) is 121 cm³/mol. The summed E-state index contributed by atoms with van der Waals surface area (Å²) < 4.78 is 0. The molecular formula is C27H18N2. The lowest BCUT2D eigenvalue weighted by molar-refractivity contribution is 1.25. The molecule has 0 amide bonds. The molecule has 2 nitrogen and oxygen atoms in total. The second kappa shape index (κ2) is 6.32. The first kappa shape index (κ1) is 16.1. The van der Waals surface area contributed by atoms with E-state index >= 15 is 0 Å². The standard InChI is InChI=1S/C27H18N2/c1-3-10-19(11-4-1)23-18-20-12-9-17-25-26(20)27(28-23)22-15-7-8-16-24(22)29(25)21-13-5-2-6-14-21/h1-18H. The van der Waals surface area contributed by atoms with Gasteiger partial charge in [0.2, 0.25) is 0 Å². The van der Waals surface area contributed by atoms with Crippen LogP contribution in [0.15, 0.2) is 109 Å². The molecule has 6 rings (SSSR count). The van der Waals surface area contributed by atoms with E-state index in [0.29, 0.717) is 0 Å². The van der Waals surface area contributed by atoms with E-state index < -0.39 is 0 Å². The van der Waals surface area contributed by atoms with Gasteiger partial charge in [-0.3, -0.25) is 0 Å². The van der Waals surface area contributed by atoms with Crippen molar-refractivity contribution in [3.63, 3.8) is 0 Å². The molecule has 0 spiro atoms. The van der Waals surface area contributed by atoms with Gasteiger partial charge in [-0.1, -0.05) is 78.9 Å². The number of anilines is 3. The molecular weight excluding hydrogens is 352 g/mol. The molecule has 1 aliphatic heterocycles. The number of pyridine rings is 1. The van der Waals surface area contributed by atoms with Crippen molar-refractivity contribution < 1.29 is 0 Å². The lowest BCUT2D eigenvalue weighted by Crippen LogP contribution is -2.15. The van der Waals surface area contributed by atoms with Crippen LogP contribution in [0.4, 0.5) is 17.1 Å². The van der Waals surface area contributed by atoms with Crippen LogP contribution >= 0.6 is 0 Å². The third kappa shape index (κ3) is 2.46. The number of hydrogen-bond acceptors (Lipinski definition) is 2. The van der Waals surface area contributed by atoms with Crippen molar-refractivity contribution in [2.45, 2.75) is 0 Å². The molecule has 4 aromatic carbocycles. The zero-order valence-electron chi connectivity index (χ0n) is 15.8. The Kier molecular flexibility index (Phi) is 3.50. The molecule has 1 aromatic heterocycles. The second-order valence-electron chi connectivity index (χ2n) is 7.29. The molecule has 29 heavy (non-hydrogen) atoms. The van der Waals surface area contributed by atoms with E-state index in [-0.39, 0.29) is 0 Å². The number of rotatable bonds is 2. The molecule has 2 heteroatoms. The fourth-order valence-electron chi connectivity index (χ4n) is 4.28. The second-order valence-corrected chi connectivity index (χ2v) is 7.29. The van der Waals surface area contributed by atoms with Crippen molar-refractivity contribution in [3.05, 3.63) is 109 Å². The minimum absolute atomic E-state index is 1.01. The Hall–Kier alpha value is -3.91. The Morgan fingerprint density at radius 1 is 0.586 bits per heavy atom. The summed E-state index contributed by atoms with van der Waals surface area (Å²) >= 11 is 0. The van der Waals surface area contributed by atoms with E-state index in [1.807, 2.05) is 6.07 Å². The molecule has 1 aliphatic rings. The lowest BCUT2D eigenvalue weighted by atomic mass is 9.93. The first-order valence-corrected chi connectivity index (χ1v) is 9.84. The highest BCUT2D eigenvalue weighted by atomic mass is 15.2. The van der Waals surface area contributed by atoms with Crippen molar-refractivity contribution in [3.8, 4) is 22.5 Å². The van der Waals surface area contributed by atoms with Crippen molar-refractivity contribution >= 4 is 27.8 Å². The van der Waals surface area contributed by atoms with Crippen molar-refractivity contribution in [1.82, 2.24) is 4.98 Å². The highest BCUT2D eigenvalue weighted by Gasteiger charge is 2.27. The van der Waals surface area contributed by atoms with E-state index in [4.69, 9.17) is 4.98 Å². The quantitative estimate of drug-likeness (QED) is 0.317. The predicted octanol–water partition coefficient (Wildman–Crippen LogP) is 7.35. The van der Waals surface area contributed by atoms with Crippen LogP contribution in [0.1, 0.15) is 0 Å². The summed E-state index contributed by atoms with van der Waals surface area (Å²) in [4.78, 5) is 7.49. The highest BCUT2D eigenvalue weighted by Crippen LogP contribution is 2.50.